The highest BCUT2D eigenvalue weighted by Gasteiger charge is 1.62. The van der Waals surface area contributed by atoms with Gasteiger partial charge in [0.2, 0.25) is 0 Å². The molecule has 0 amide bonds. The summed E-state index contributed by atoms with van der Waals surface area (Å²) in [6.07, 6.45) is 0. The highest BCUT2D eigenvalue weighted by atomic mass is 32.2. The fourth-order valence-corrected chi connectivity index (χ4v) is 0. The molecule has 0 aliphatic carbocycles. The summed E-state index contributed by atoms with van der Waals surface area (Å²) >= 11 is -2.61. The number of rotatable bonds is 0. The Hall–Kier alpha value is -0.440. The lowest BCUT2D eigenvalue weighted by molar-refractivity contribution is 0.454. The Bertz CT molecular complexity index is 55.1. The number of nitrogens with zero attached hydrogens (tertiary/aromatic N) is 1. The molecule has 0 rings (SSSR count). The zero-order chi connectivity index (χ0) is 5.58. The van der Waals surface area contributed by atoms with Gasteiger partial charge in [-0.2, -0.15) is 4.21 Å². The molecule has 0 spiro atoms. The Labute approximate surface area is 37.5 Å². The molecule has 0 heterocycles. The molecule has 0 aromatic carbocycles. The minimum absolute atomic E-state index is 2.61. The van der Waals surface area contributed by atoms with Crippen LogP contribution in [0.1, 0.15) is 0 Å². The van der Waals surface area contributed by atoms with E-state index in [0.29, 0.717) is 0 Å². The van der Waals surface area contributed by atoms with E-state index in [2.05, 4.69) is 0 Å². The molecule has 0 saturated carbocycles. The van der Waals surface area contributed by atoms with E-state index in [-0.39, 0.29) is 0 Å². The van der Waals surface area contributed by atoms with Crippen molar-refractivity contribution in [1.82, 2.24) is 0 Å². The molecule has 6 heavy (non-hydrogen) atoms. The van der Waals surface area contributed by atoms with E-state index < -0.39 is 11.4 Å². The zero-order valence-corrected chi connectivity index (χ0v) is 3.47. The third-order valence-electron chi connectivity index (χ3n) is 0. The lowest BCUT2D eigenvalue weighted by Crippen LogP contribution is -1.74. The van der Waals surface area contributed by atoms with Crippen LogP contribution in [-0.2, 0) is 11.4 Å². The van der Waals surface area contributed by atoms with Crippen LogP contribution < -0.4 is 0 Å². The molecule has 0 fully saturated rings. The van der Waals surface area contributed by atoms with Crippen LogP contribution in [0.4, 0.5) is 0 Å². The molecule has 2 N–H and O–H groups in total. The summed E-state index contributed by atoms with van der Waals surface area (Å²) in [4.78, 5) is 0. The fourth-order valence-electron chi connectivity index (χ4n) is 0. The summed E-state index contributed by atoms with van der Waals surface area (Å²) < 4.78 is 22.8. The predicted octanol–water partition coefficient (Wildman–Crippen LogP) is -0.223. The molecule has 0 aromatic rings. The van der Waals surface area contributed by atoms with Gasteiger partial charge in [-0.3, -0.25) is 9.11 Å². The minimum atomic E-state index is -2.61. The average Bonchev–Trinajstić information content (AvgIpc) is 1.41. The molecule has 0 aliphatic heterocycles. The van der Waals surface area contributed by atoms with Gasteiger partial charge in [-0.05, 0) is 0 Å². The maximum Gasteiger partial charge on any atom is 0.299 e. The zero-order valence-electron chi connectivity index (χ0n) is 2.66. The van der Waals surface area contributed by atoms with E-state index in [4.69, 9.17) is 25.1 Å². The largest absolute Gasteiger partial charge is 0.512 e. The van der Waals surface area contributed by atoms with Crippen molar-refractivity contribution in [3.05, 3.63) is 6.57 Å². The van der Waals surface area contributed by atoms with Crippen molar-refractivity contribution in [1.29, 1.82) is 5.26 Å². The Morgan fingerprint density at radius 3 is 1.50 bits per heavy atom. The van der Waals surface area contributed by atoms with Crippen molar-refractivity contribution >= 4 is 11.4 Å². The first-order valence-electron chi connectivity index (χ1n) is 0.755. The first-order chi connectivity index (χ1) is 2.73. The van der Waals surface area contributed by atoms with E-state index in [9.17, 15) is 0 Å². The molecule has 4 nitrogen and oxygen atoms in total. The maximum absolute atomic E-state index is 8.67. The van der Waals surface area contributed by atoms with Gasteiger partial charge in [0.15, 0.2) is 0 Å². The summed E-state index contributed by atoms with van der Waals surface area (Å²) in [6.45, 7) is 4.75. The van der Waals surface area contributed by atoms with Gasteiger partial charge >= 0.3 is 0 Å². The van der Waals surface area contributed by atoms with Gasteiger partial charge in [0.25, 0.3) is 11.4 Å². The Morgan fingerprint density at radius 2 is 1.50 bits per heavy atom. The van der Waals surface area contributed by atoms with Crippen LogP contribution >= 0.6 is 0 Å². The van der Waals surface area contributed by atoms with Gasteiger partial charge < -0.3 is 11.8 Å². The molecular formula is CH2NO3S-. The second-order valence-corrected chi connectivity index (χ2v) is 0.692. The van der Waals surface area contributed by atoms with Crippen LogP contribution in [0.3, 0.4) is 0 Å². The van der Waals surface area contributed by atoms with Crippen molar-refractivity contribution in [2.24, 2.45) is 0 Å². The minimum Gasteiger partial charge on any atom is -0.512 e. The van der Waals surface area contributed by atoms with Gasteiger partial charge in [0, 0.05) is 0 Å². The van der Waals surface area contributed by atoms with Crippen molar-refractivity contribution in [3.8, 4) is 0 Å². The van der Waals surface area contributed by atoms with Crippen molar-refractivity contribution in [3.63, 3.8) is 0 Å². The van der Waals surface area contributed by atoms with E-state index in [1.165, 1.54) is 0 Å². The molecule has 0 aromatic heterocycles. The monoisotopic (exact) mass is 108 g/mol. The van der Waals surface area contributed by atoms with Crippen molar-refractivity contribution in [2.75, 3.05) is 0 Å². The topological polar surface area (TPSA) is 81.3 Å². The summed E-state index contributed by atoms with van der Waals surface area (Å²) in [5.41, 5.74) is 0. The lowest BCUT2D eigenvalue weighted by atomic mass is 11.9. The third-order valence-corrected chi connectivity index (χ3v) is 0. The normalized spacial score (nSPS) is 6.17. The average molecular weight is 108 g/mol. The van der Waals surface area contributed by atoms with Gasteiger partial charge in [0.1, 0.15) is 0 Å². The number of hydrogen-bond donors (Lipinski definition) is 2. The molecule has 36 valence electrons. The summed E-state index contributed by atoms with van der Waals surface area (Å²) in [6, 6.07) is 0. The lowest BCUT2D eigenvalue weighted by Gasteiger charge is -1.59. The van der Waals surface area contributed by atoms with Crippen LogP contribution in [0, 0.1) is 11.8 Å². The molecule has 0 unspecified atom stereocenters. The Balaban J connectivity index is 0. The van der Waals surface area contributed by atoms with Crippen LogP contribution in [0.2, 0.25) is 0 Å². The van der Waals surface area contributed by atoms with Crippen molar-refractivity contribution in [2.45, 2.75) is 0 Å². The van der Waals surface area contributed by atoms with Crippen LogP contribution in [-0.4, -0.2) is 13.3 Å². The van der Waals surface area contributed by atoms with Gasteiger partial charge in [0.05, 0.1) is 0 Å². The molecule has 0 saturated heterocycles. The maximum atomic E-state index is 8.67. The quantitative estimate of drug-likeness (QED) is 0.332. The van der Waals surface area contributed by atoms with Crippen LogP contribution in [0.25, 0.3) is 0 Å². The standard InChI is InChI=1S/CN.H2O3S/c1-2;1-4(2)3/h;(H2,1,2,3)/q-1;. The molecule has 0 bridgehead atoms. The smallest absolute Gasteiger partial charge is 0.299 e. The molecule has 5 heteroatoms. The van der Waals surface area contributed by atoms with Gasteiger partial charge in [-0.25, -0.2) is 0 Å². The second kappa shape index (κ2) is 8.82. The Morgan fingerprint density at radius 1 is 1.50 bits per heavy atom. The molecule has 0 radical (unpaired) electrons. The van der Waals surface area contributed by atoms with Crippen molar-refractivity contribution < 1.29 is 13.3 Å². The first kappa shape index (κ1) is 9.12. The number of hydrogen-bond acceptors (Lipinski definition) is 2. The van der Waals surface area contributed by atoms with E-state index in [0.717, 1.165) is 0 Å². The van der Waals surface area contributed by atoms with Crippen LogP contribution in [0.15, 0.2) is 0 Å². The fraction of sp³-hybridized carbons (Fsp3) is 0. The van der Waals surface area contributed by atoms with E-state index in [1.54, 1.807) is 0 Å². The highest BCUT2D eigenvalue weighted by molar-refractivity contribution is 7.73. The van der Waals surface area contributed by atoms with E-state index >= 15 is 0 Å². The third kappa shape index (κ3) is 121. The van der Waals surface area contributed by atoms with E-state index in [1.807, 2.05) is 0 Å². The molecular weight excluding hydrogens is 106 g/mol. The predicted molar refractivity (Wildman–Crippen MR) is 18.4 cm³/mol. The first-order valence-corrected chi connectivity index (χ1v) is 1.82. The molecule has 0 atom stereocenters. The SMILES string of the molecule is O=S(O)O.[C-]#N. The highest BCUT2D eigenvalue weighted by Crippen LogP contribution is 1.44. The molecule has 0 aliphatic rings. The second-order valence-electron chi connectivity index (χ2n) is 0.231. The van der Waals surface area contributed by atoms with Gasteiger partial charge in [-0.1, -0.05) is 0 Å². The summed E-state index contributed by atoms with van der Waals surface area (Å²) in [5, 5.41) is 6.25. The summed E-state index contributed by atoms with van der Waals surface area (Å²) in [7, 11) is 0. The summed E-state index contributed by atoms with van der Waals surface area (Å²) in [5.74, 6) is 0. The van der Waals surface area contributed by atoms with Gasteiger partial charge in [-0.15, -0.1) is 0 Å². The van der Waals surface area contributed by atoms with Crippen LogP contribution in [0.5, 0.6) is 0 Å². The Kier molecular flexibility index (Phi) is 13.4.